The van der Waals surface area contributed by atoms with Gasteiger partial charge in [-0.1, -0.05) is 12.8 Å². The van der Waals surface area contributed by atoms with Gasteiger partial charge in [-0.05, 0) is 59.7 Å². The Morgan fingerprint density at radius 1 is 1.28 bits per heavy atom. The van der Waals surface area contributed by atoms with Crippen LogP contribution in [0.4, 0.5) is 0 Å². The van der Waals surface area contributed by atoms with Gasteiger partial charge in [0.1, 0.15) is 18.5 Å². The monoisotopic (exact) mass is 652 g/mol. The number of nitrogens with zero attached hydrogens (tertiary/aromatic N) is 1. The van der Waals surface area contributed by atoms with Crippen LogP contribution in [0.15, 0.2) is 46.8 Å². The number of methoxy groups -OCH3 is 1. The topological polar surface area (TPSA) is 139 Å². The minimum absolute atomic E-state index is 0.0630. The molecule has 2 amide bonds. The number of halogens is 1. The van der Waals surface area contributed by atoms with Crippen LogP contribution in [0, 0.1) is 9.49 Å². The summed E-state index contributed by atoms with van der Waals surface area (Å²) in [5.74, 6) is -0.0309. The average Bonchev–Trinajstić information content (AvgIpc) is 3.67. The maximum Gasteiger partial charge on any atom is 0.247 e. The third-order valence-corrected chi connectivity index (χ3v) is 7.98. The standard InChI is InChI=1S/C28H33IN2O8/c1-37-24-11-18(15-33)10-21(29)26(24)39-23-13-20(27(35)30-7-8-32)12-22(25(23)34)31(14-17-6-9-38-16-17)28(36)19-4-2-3-5-19/h6,9-11,13,15-16,19,22-23,25,32,34H,2-5,7-8,12,14H2,1H3,(H,30,35)/t22-,23+,25+/m1/s1. The number of nitrogens with one attached hydrogen (secondary N) is 1. The minimum atomic E-state index is -1.18. The Hall–Kier alpha value is -2.90. The predicted octanol–water partition coefficient (Wildman–Crippen LogP) is 2.84. The first kappa shape index (κ1) is 29.1. The lowest BCUT2D eigenvalue weighted by molar-refractivity contribution is -0.143. The molecule has 1 heterocycles. The van der Waals surface area contributed by atoms with Gasteiger partial charge in [0.2, 0.25) is 11.8 Å². The quantitative estimate of drug-likeness (QED) is 0.249. The SMILES string of the molecule is COc1cc(C=O)cc(I)c1O[C@H]1C=C(C(=O)NCCO)C[C@@H](N(Cc2ccoc2)C(=O)C2CCCC2)[C@@H]1O. The Labute approximate surface area is 240 Å². The summed E-state index contributed by atoms with van der Waals surface area (Å²) in [5, 5.41) is 23.5. The van der Waals surface area contributed by atoms with Crippen LogP contribution >= 0.6 is 22.6 Å². The fraction of sp³-hybridized carbons (Fsp3) is 0.464. The van der Waals surface area contributed by atoms with Crippen LogP contribution in [0.1, 0.15) is 48.0 Å². The summed E-state index contributed by atoms with van der Waals surface area (Å²) in [5.41, 5.74) is 1.50. The summed E-state index contributed by atoms with van der Waals surface area (Å²) in [4.78, 5) is 39.8. The van der Waals surface area contributed by atoms with Crippen LogP contribution in [-0.2, 0) is 16.1 Å². The summed E-state index contributed by atoms with van der Waals surface area (Å²) in [6.07, 6.45) is 6.76. The third-order valence-electron chi connectivity index (χ3n) is 7.18. The largest absolute Gasteiger partial charge is 0.493 e. The van der Waals surface area contributed by atoms with E-state index in [0.717, 1.165) is 31.2 Å². The van der Waals surface area contributed by atoms with Crippen molar-refractivity contribution in [1.82, 2.24) is 10.2 Å². The number of hydrogen-bond donors (Lipinski definition) is 3. The Morgan fingerprint density at radius 3 is 2.69 bits per heavy atom. The van der Waals surface area contributed by atoms with Gasteiger partial charge < -0.3 is 34.3 Å². The predicted molar refractivity (Wildman–Crippen MR) is 149 cm³/mol. The molecule has 39 heavy (non-hydrogen) atoms. The van der Waals surface area contributed by atoms with Crippen molar-refractivity contribution in [3.8, 4) is 11.5 Å². The van der Waals surface area contributed by atoms with Gasteiger partial charge in [0.05, 0.1) is 35.9 Å². The van der Waals surface area contributed by atoms with E-state index < -0.39 is 24.2 Å². The van der Waals surface area contributed by atoms with Crippen LogP contribution in [-0.4, -0.2) is 71.7 Å². The van der Waals surface area contributed by atoms with E-state index in [4.69, 9.17) is 13.9 Å². The molecule has 0 saturated heterocycles. The first-order chi connectivity index (χ1) is 18.9. The van der Waals surface area contributed by atoms with Gasteiger partial charge in [-0.15, -0.1) is 0 Å². The summed E-state index contributed by atoms with van der Waals surface area (Å²) in [6, 6.07) is 4.16. The highest BCUT2D eigenvalue weighted by atomic mass is 127. The van der Waals surface area contributed by atoms with Crippen LogP contribution in [0.3, 0.4) is 0 Å². The molecule has 3 N–H and O–H groups in total. The zero-order valence-corrected chi connectivity index (χ0v) is 23.8. The molecular weight excluding hydrogens is 619 g/mol. The number of amides is 2. The van der Waals surface area contributed by atoms with E-state index in [1.165, 1.54) is 19.4 Å². The first-order valence-corrected chi connectivity index (χ1v) is 14.0. The molecule has 2 aliphatic carbocycles. The number of carbonyl (C=O) groups excluding carboxylic acids is 3. The van der Waals surface area contributed by atoms with Crippen molar-refractivity contribution in [2.75, 3.05) is 20.3 Å². The maximum atomic E-state index is 13.8. The number of aldehydes is 1. The average molecular weight is 652 g/mol. The highest BCUT2D eigenvalue weighted by Gasteiger charge is 2.42. The summed E-state index contributed by atoms with van der Waals surface area (Å²) < 4.78 is 17.5. The van der Waals surface area contributed by atoms with E-state index in [-0.39, 0.29) is 37.9 Å². The number of carbonyl (C=O) groups is 3. The van der Waals surface area contributed by atoms with E-state index in [1.54, 1.807) is 29.4 Å². The van der Waals surface area contributed by atoms with Crippen LogP contribution in [0.2, 0.25) is 0 Å². The van der Waals surface area contributed by atoms with Crippen LogP contribution < -0.4 is 14.8 Å². The molecule has 0 aliphatic heterocycles. The molecule has 0 radical (unpaired) electrons. The van der Waals surface area contributed by atoms with Crippen molar-refractivity contribution in [3.63, 3.8) is 0 Å². The number of hydrogen-bond acceptors (Lipinski definition) is 8. The van der Waals surface area contributed by atoms with Crippen molar-refractivity contribution in [2.24, 2.45) is 5.92 Å². The zero-order chi connectivity index (χ0) is 27.9. The lowest BCUT2D eigenvalue weighted by Crippen LogP contribution is -2.55. The molecule has 3 atom stereocenters. The second kappa shape index (κ2) is 13.4. The molecule has 1 aromatic heterocycles. The van der Waals surface area contributed by atoms with Crippen molar-refractivity contribution in [2.45, 2.75) is 56.9 Å². The van der Waals surface area contributed by atoms with Gasteiger partial charge in [0.15, 0.2) is 11.5 Å². The van der Waals surface area contributed by atoms with Gasteiger partial charge >= 0.3 is 0 Å². The lowest BCUT2D eigenvalue weighted by atomic mass is 9.87. The van der Waals surface area contributed by atoms with Crippen molar-refractivity contribution < 1.29 is 38.5 Å². The fourth-order valence-electron chi connectivity index (χ4n) is 5.18. The van der Waals surface area contributed by atoms with E-state index in [0.29, 0.717) is 32.5 Å². The second-order valence-electron chi connectivity index (χ2n) is 9.75. The van der Waals surface area contributed by atoms with E-state index in [9.17, 15) is 24.6 Å². The lowest BCUT2D eigenvalue weighted by Gasteiger charge is -2.41. The highest BCUT2D eigenvalue weighted by molar-refractivity contribution is 14.1. The summed E-state index contributed by atoms with van der Waals surface area (Å²) in [7, 11) is 1.45. The fourth-order valence-corrected chi connectivity index (χ4v) is 5.94. The first-order valence-electron chi connectivity index (χ1n) is 12.9. The molecule has 1 saturated carbocycles. The van der Waals surface area contributed by atoms with E-state index >= 15 is 0 Å². The Balaban J connectivity index is 1.71. The second-order valence-corrected chi connectivity index (χ2v) is 10.9. The Kier molecular flexibility index (Phi) is 10.0. The third kappa shape index (κ3) is 6.82. The number of rotatable bonds is 11. The minimum Gasteiger partial charge on any atom is -0.493 e. The van der Waals surface area contributed by atoms with Crippen LogP contribution in [0.5, 0.6) is 11.5 Å². The molecule has 1 aromatic carbocycles. The number of ether oxygens (including phenoxy) is 2. The molecule has 2 aliphatic rings. The number of furan rings is 1. The molecule has 0 unspecified atom stereocenters. The van der Waals surface area contributed by atoms with Gasteiger partial charge in [-0.3, -0.25) is 14.4 Å². The molecule has 10 nitrogen and oxygen atoms in total. The Bertz CT molecular complexity index is 1190. The van der Waals surface area contributed by atoms with Gasteiger partial charge in [0.25, 0.3) is 0 Å². The normalized spacial score (nSPS) is 21.2. The number of aliphatic hydroxyl groups excluding tert-OH is 2. The van der Waals surface area contributed by atoms with Gasteiger partial charge in [0, 0.05) is 42.1 Å². The molecule has 4 rings (SSSR count). The van der Waals surface area contributed by atoms with Crippen LogP contribution in [0.25, 0.3) is 0 Å². The number of benzene rings is 1. The molecular formula is C28H33IN2O8. The van der Waals surface area contributed by atoms with Gasteiger partial charge in [-0.25, -0.2) is 0 Å². The van der Waals surface area contributed by atoms with Crippen molar-refractivity contribution in [3.05, 3.63) is 57.1 Å². The molecule has 210 valence electrons. The molecule has 1 fully saturated rings. The van der Waals surface area contributed by atoms with Crippen molar-refractivity contribution >= 4 is 40.7 Å². The molecule has 0 bridgehead atoms. The highest BCUT2D eigenvalue weighted by Crippen LogP contribution is 2.38. The Morgan fingerprint density at radius 2 is 2.05 bits per heavy atom. The zero-order valence-electron chi connectivity index (χ0n) is 21.7. The van der Waals surface area contributed by atoms with E-state index in [2.05, 4.69) is 5.32 Å². The molecule has 2 aromatic rings. The maximum absolute atomic E-state index is 13.8. The summed E-state index contributed by atoms with van der Waals surface area (Å²) in [6.45, 7) is 0.0461. The van der Waals surface area contributed by atoms with Gasteiger partial charge in [-0.2, -0.15) is 0 Å². The van der Waals surface area contributed by atoms with Crippen molar-refractivity contribution in [1.29, 1.82) is 0 Å². The number of aliphatic hydroxyl groups is 2. The summed E-state index contributed by atoms with van der Waals surface area (Å²) >= 11 is 2.02. The smallest absolute Gasteiger partial charge is 0.247 e. The molecule has 11 heteroatoms. The molecule has 0 spiro atoms. The van der Waals surface area contributed by atoms with E-state index in [1.807, 2.05) is 22.6 Å².